The standard InChI is InChI=1S/C21H25F2IN10O2/c22-15-4-3-6-25-16(15)10-26-20(36)17-11-33(30-28-17)7-1-2-8-34-12-18(29-31-34)27-19(35)13-32-9-5-21(23,24)14-32/h3-4,6,11-12H,1-2,5,7-10,13-14H2,(H,26,36)(H,27,35). The van der Waals surface area contributed by atoms with E-state index >= 15 is 0 Å². The Labute approximate surface area is 219 Å². The minimum absolute atomic E-state index is 0.0479. The molecule has 2 amide bonds. The second-order valence-corrected chi connectivity index (χ2v) is 10.4. The fourth-order valence-corrected chi connectivity index (χ4v) is 4.38. The SMILES string of the molecule is O=C(CN1CCC(F)(I)C1)Nc1cn(CCCCn2cc(C(=O)NCc3ncccc3F)nn2)nn1. The van der Waals surface area contributed by atoms with E-state index < -0.39 is 15.4 Å². The van der Waals surface area contributed by atoms with Gasteiger partial charge in [0.25, 0.3) is 5.91 Å². The van der Waals surface area contributed by atoms with Crippen LogP contribution < -0.4 is 10.6 Å². The highest BCUT2D eigenvalue weighted by atomic mass is 127. The van der Waals surface area contributed by atoms with Crippen molar-refractivity contribution in [3.05, 3.63) is 47.9 Å². The summed E-state index contributed by atoms with van der Waals surface area (Å²) in [7, 11) is 0. The molecule has 1 unspecified atom stereocenters. The zero-order valence-electron chi connectivity index (χ0n) is 19.3. The molecular formula is C21H25F2IN10O2. The van der Waals surface area contributed by atoms with Crippen molar-refractivity contribution in [3.8, 4) is 0 Å². The van der Waals surface area contributed by atoms with Crippen LogP contribution in [0.4, 0.5) is 14.6 Å². The summed E-state index contributed by atoms with van der Waals surface area (Å²) in [4.78, 5) is 30.0. The molecule has 0 saturated carbocycles. The number of halogens is 3. The summed E-state index contributed by atoms with van der Waals surface area (Å²) in [6, 6.07) is 2.76. The highest BCUT2D eigenvalue weighted by Crippen LogP contribution is 2.31. The van der Waals surface area contributed by atoms with Crippen molar-refractivity contribution in [1.29, 1.82) is 0 Å². The van der Waals surface area contributed by atoms with Crippen LogP contribution in [0.25, 0.3) is 0 Å². The first-order valence-electron chi connectivity index (χ1n) is 11.4. The largest absolute Gasteiger partial charge is 0.345 e. The fourth-order valence-electron chi connectivity index (χ4n) is 3.65. The minimum atomic E-state index is -1.28. The van der Waals surface area contributed by atoms with Gasteiger partial charge in [-0.1, -0.05) is 10.4 Å². The molecule has 12 nitrogen and oxygen atoms in total. The zero-order valence-corrected chi connectivity index (χ0v) is 21.4. The Morgan fingerprint density at radius 3 is 2.61 bits per heavy atom. The first-order valence-corrected chi connectivity index (χ1v) is 12.4. The molecule has 1 aliphatic rings. The molecule has 36 heavy (non-hydrogen) atoms. The second kappa shape index (κ2) is 11.8. The number of amides is 2. The lowest BCUT2D eigenvalue weighted by molar-refractivity contribution is -0.117. The van der Waals surface area contributed by atoms with Gasteiger partial charge < -0.3 is 10.6 Å². The maximum Gasteiger partial charge on any atom is 0.273 e. The number of unbranched alkanes of at least 4 members (excludes halogenated alkanes) is 1. The van der Waals surface area contributed by atoms with E-state index in [4.69, 9.17) is 0 Å². The Bertz CT molecular complexity index is 1200. The summed E-state index contributed by atoms with van der Waals surface area (Å²) in [5.74, 6) is -0.868. The summed E-state index contributed by atoms with van der Waals surface area (Å²) < 4.78 is 29.4. The predicted octanol–water partition coefficient (Wildman–Crippen LogP) is 1.56. The third-order valence-corrected chi connectivity index (χ3v) is 6.35. The van der Waals surface area contributed by atoms with Gasteiger partial charge in [0.05, 0.1) is 31.2 Å². The van der Waals surface area contributed by atoms with Gasteiger partial charge in [0.2, 0.25) is 5.91 Å². The van der Waals surface area contributed by atoms with Crippen molar-refractivity contribution in [2.75, 3.05) is 25.0 Å². The second-order valence-electron chi connectivity index (χ2n) is 8.42. The number of carbonyl (C=O) groups is 2. The van der Waals surface area contributed by atoms with Crippen molar-refractivity contribution in [3.63, 3.8) is 0 Å². The van der Waals surface area contributed by atoms with Crippen LogP contribution in [0.5, 0.6) is 0 Å². The van der Waals surface area contributed by atoms with E-state index in [-0.39, 0.29) is 36.9 Å². The number of likely N-dealkylation sites (tertiary alicyclic amines) is 1. The van der Waals surface area contributed by atoms with Crippen LogP contribution in [-0.2, 0) is 24.4 Å². The van der Waals surface area contributed by atoms with Gasteiger partial charge in [-0.15, -0.1) is 10.2 Å². The predicted molar refractivity (Wildman–Crippen MR) is 132 cm³/mol. The van der Waals surface area contributed by atoms with Crippen molar-refractivity contribution >= 4 is 40.2 Å². The lowest BCUT2D eigenvalue weighted by Crippen LogP contribution is -2.33. The van der Waals surface area contributed by atoms with Gasteiger partial charge in [0.1, 0.15) is 5.82 Å². The minimum Gasteiger partial charge on any atom is -0.345 e. The molecule has 3 aromatic heterocycles. The van der Waals surface area contributed by atoms with Gasteiger partial charge in [-0.05, 0) is 47.6 Å². The number of aromatic nitrogens is 7. The molecule has 3 aromatic rings. The number of nitrogens with one attached hydrogen (secondary N) is 2. The molecule has 192 valence electrons. The van der Waals surface area contributed by atoms with Crippen LogP contribution in [0.1, 0.15) is 35.4 Å². The molecule has 1 aliphatic heterocycles. The van der Waals surface area contributed by atoms with E-state index in [0.29, 0.717) is 31.9 Å². The number of aryl methyl sites for hydroxylation is 2. The van der Waals surface area contributed by atoms with Gasteiger partial charge in [-0.25, -0.2) is 8.78 Å². The van der Waals surface area contributed by atoms with Gasteiger partial charge in [-0.3, -0.25) is 28.8 Å². The first kappa shape index (κ1) is 26.0. The molecular weight excluding hydrogens is 589 g/mol. The molecule has 0 radical (unpaired) electrons. The number of hydrogen-bond acceptors (Lipinski definition) is 8. The number of carbonyl (C=O) groups excluding carboxylic acids is 2. The molecule has 1 saturated heterocycles. The fraction of sp³-hybridized carbons (Fsp3) is 0.476. The zero-order chi connectivity index (χ0) is 25.5. The number of alkyl halides is 2. The lowest BCUT2D eigenvalue weighted by Gasteiger charge is -2.15. The third kappa shape index (κ3) is 7.46. The Balaban J connectivity index is 1.14. The topological polar surface area (TPSA) is 136 Å². The Morgan fingerprint density at radius 2 is 1.89 bits per heavy atom. The summed E-state index contributed by atoms with van der Waals surface area (Å²) in [6.07, 6.45) is 6.52. The first-order chi connectivity index (χ1) is 17.3. The smallest absolute Gasteiger partial charge is 0.273 e. The van der Waals surface area contributed by atoms with E-state index in [0.717, 1.165) is 12.8 Å². The molecule has 0 aromatic carbocycles. The Kier molecular flexibility index (Phi) is 8.50. The van der Waals surface area contributed by atoms with E-state index in [1.807, 2.05) is 0 Å². The average Bonchev–Trinajstić information content (AvgIpc) is 3.56. The van der Waals surface area contributed by atoms with Crippen molar-refractivity contribution in [1.82, 2.24) is 45.2 Å². The quantitative estimate of drug-likeness (QED) is 0.189. The van der Waals surface area contributed by atoms with Crippen molar-refractivity contribution < 1.29 is 18.4 Å². The molecule has 1 atom stereocenters. The van der Waals surface area contributed by atoms with Gasteiger partial charge in [0, 0.05) is 38.8 Å². The molecule has 0 spiro atoms. The highest BCUT2D eigenvalue weighted by Gasteiger charge is 2.36. The Morgan fingerprint density at radius 1 is 1.14 bits per heavy atom. The monoisotopic (exact) mass is 614 g/mol. The molecule has 4 heterocycles. The molecule has 15 heteroatoms. The number of pyridine rings is 1. The molecule has 2 N–H and O–H groups in total. The maximum atomic E-state index is 13.9. The highest BCUT2D eigenvalue weighted by molar-refractivity contribution is 14.1. The van der Waals surface area contributed by atoms with Crippen LogP contribution >= 0.6 is 22.6 Å². The molecule has 1 fully saturated rings. The molecule has 0 bridgehead atoms. The number of nitrogens with zero attached hydrogens (tertiary/aromatic N) is 8. The summed E-state index contributed by atoms with van der Waals surface area (Å²) in [5.41, 5.74) is 0.275. The van der Waals surface area contributed by atoms with E-state index in [9.17, 15) is 18.4 Å². The molecule has 0 aliphatic carbocycles. The van der Waals surface area contributed by atoms with Gasteiger partial charge in [-0.2, -0.15) is 0 Å². The normalized spacial score (nSPS) is 17.9. The van der Waals surface area contributed by atoms with Gasteiger partial charge in [0.15, 0.2) is 15.2 Å². The van der Waals surface area contributed by atoms with E-state index in [2.05, 4.69) is 36.2 Å². The summed E-state index contributed by atoms with van der Waals surface area (Å²) in [5, 5.41) is 21.0. The summed E-state index contributed by atoms with van der Waals surface area (Å²) in [6.45, 7) is 1.95. The van der Waals surface area contributed by atoms with E-state index in [1.165, 1.54) is 24.5 Å². The Hall–Kier alpha value is -3.08. The van der Waals surface area contributed by atoms with Crippen LogP contribution in [0.15, 0.2) is 30.7 Å². The van der Waals surface area contributed by atoms with Crippen LogP contribution in [0.2, 0.25) is 0 Å². The number of anilines is 1. The van der Waals surface area contributed by atoms with Crippen LogP contribution in [-0.4, -0.2) is 75.0 Å². The van der Waals surface area contributed by atoms with Gasteiger partial charge >= 0.3 is 0 Å². The third-order valence-electron chi connectivity index (χ3n) is 5.47. The maximum absolute atomic E-state index is 13.9. The van der Waals surface area contributed by atoms with Crippen molar-refractivity contribution in [2.24, 2.45) is 0 Å². The van der Waals surface area contributed by atoms with Crippen LogP contribution in [0, 0.1) is 5.82 Å². The summed E-state index contributed by atoms with van der Waals surface area (Å²) >= 11 is 1.78. The average molecular weight is 614 g/mol. The molecule has 4 rings (SSSR count). The van der Waals surface area contributed by atoms with Crippen molar-refractivity contribution in [2.45, 2.75) is 42.6 Å². The number of rotatable bonds is 11. The van der Waals surface area contributed by atoms with E-state index in [1.54, 1.807) is 43.1 Å². The lowest BCUT2D eigenvalue weighted by atomic mass is 10.3. The van der Waals surface area contributed by atoms with Crippen LogP contribution in [0.3, 0.4) is 0 Å². The number of hydrogen-bond donors (Lipinski definition) is 2.